The molecule has 11 heteroatoms. The molecule has 1 saturated heterocycles. The lowest BCUT2D eigenvalue weighted by Crippen LogP contribution is -2.52. The van der Waals surface area contributed by atoms with Gasteiger partial charge in [0.05, 0.1) is 29.3 Å². The molecule has 1 amide bonds. The van der Waals surface area contributed by atoms with E-state index in [2.05, 4.69) is 9.97 Å². The number of H-pyrrole nitrogens is 1. The van der Waals surface area contributed by atoms with Crippen LogP contribution in [0.3, 0.4) is 0 Å². The summed E-state index contributed by atoms with van der Waals surface area (Å²) in [5, 5.41) is 7.12. The molecule has 2 aliphatic heterocycles. The maximum absolute atomic E-state index is 13.0. The summed E-state index contributed by atoms with van der Waals surface area (Å²) in [5.74, 6) is -1.93. The highest BCUT2D eigenvalue weighted by Gasteiger charge is 2.44. The van der Waals surface area contributed by atoms with E-state index in [0.717, 1.165) is 22.2 Å². The van der Waals surface area contributed by atoms with Crippen LogP contribution in [0.2, 0.25) is 0 Å². The van der Waals surface area contributed by atoms with E-state index in [-0.39, 0.29) is 11.7 Å². The Bertz CT molecular complexity index is 1340. The van der Waals surface area contributed by atoms with Crippen LogP contribution in [0.15, 0.2) is 36.7 Å². The molecule has 0 atom stereocenters. The molecule has 3 heterocycles. The average Bonchev–Trinajstić information content (AvgIpc) is 3.28. The number of benzene rings is 2. The number of carbonyl (C=O) groups excluding carboxylic acids is 2. The van der Waals surface area contributed by atoms with E-state index in [1.54, 1.807) is 6.33 Å². The Labute approximate surface area is 204 Å². The molecule has 0 aliphatic carbocycles. The smallest absolute Gasteiger partial charge is 0.486 e. The number of likely N-dealkylation sites (tertiary alicyclic amines) is 1. The van der Waals surface area contributed by atoms with Crippen LogP contribution in [0, 0.1) is 13.8 Å². The van der Waals surface area contributed by atoms with Gasteiger partial charge in [-0.05, 0) is 55.3 Å². The molecular formula is C25H24F3N3O5. The van der Waals surface area contributed by atoms with Crippen molar-refractivity contribution in [3.63, 3.8) is 0 Å². The fraction of sp³-hybridized carbons (Fsp3) is 0.360. The minimum Gasteiger partial charge on any atom is -0.486 e. The van der Waals surface area contributed by atoms with E-state index in [1.165, 1.54) is 0 Å². The number of aryl methyl sites for hydroxylation is 2. The summed E-state index contributed by atoms with van der Waals surface area (Å²) in [6, 6.07) is 9.42. The number of carbonyl (C=O) groups is 3. The number of Topliss-reactive ketones (excluding diaryl/α,β-unsaturated/α-hetero) is 1. The number of carboxylic acids is 1. The Morgan fingerprint density at radius 3 is 2.39 bits per heavy atom. The van der Waals surface area contributed by atoms with E-state index >= 15 is 0 Å². The van der Waals surface area contributed by atoms with Gasteiger partial charge >= 0.3 is 12.1 Å². The minimum absolute atomic E-state index is 0.00496. The van der Waals surface area contributed by atoms with Crippen LogP contribution in [-0.4, -0.2) is 62.5 Å². The van der Waals surface area contributed by atoms with Gasteiger partial charge in [0.1, 0.15) is 11.4 Å². The highest BCUT2D eigenvalue weighted by molar-refractivity contribution is 6.01. The van der Waals surface area contributed by atoms with E-state index < -0.39 is 17.7 Å². The third-order valence-corrected chi connectivity index (χ3v) is 6.58. The lowest BCUT2D eigenvalue weighted by molar-refractivity contribution is -0.192. The number of aromatic amines is 1. The Balaban J connectivity index is 0.000000384. The van der Waals surface area contributed by atoms with Gasteiger partial charge in [-0.3, -0.25) is 9.59 Å². The normalized spacial score (nSPS) is 16.7. The number of fused-ring (bicyclic) bond motifs is 2. The van der Waals surface area contributed by atoms with Gasteiger partial charge in [0.25, 0.3) is 5.91 Å². The van der Waals surface area contributed by atoms with E-state index in [0.29, 0.717) is 49.2 Å². The van der Waals surface area contributed by atoms with Gasteiger partial charge in [0.2, 0.25) is 0 Å². The molecule has 2 aromatic carbocycles. The fourth-order valence-electron chi connectivity index (χ4n) is 4.40. The molecule has 1 aromatic heterocycles. The first-order valence-corrected chi connectivity index (χ1v) is 11.2. The standard InChI is InChI=1S/C23H23N3O3.C2HF3O2/c1-14-9-17-20(27)12-23(29-21(17)10-15(14)2)5-7-26(8-6-23)22(28)16-3-4-18-19(11-16)25-13-24-18;3-2(4,5)1(6)7/h3-4,9-11,13H,5-8,12H2,1-2H3,(H,24,25);(H,6,7). The number of halogens is 3. The van der Waals surface area contributed by atoms with Gasteiger partial charge in [0.15, 0.2) is 5.78 Å². The molecule has 2 N–H and O–H groups in total. The largest absolute Gasteiger partial charge is 0.490 e. The molecule has 0 bridgehead atoms. The third kappa shape index (κ3) is 5.05. The van der Waals surface area contributed by atoms with Gasteiger partial charge in [-0.25, -0.2) is 9.78 Å². The summed E-state index contributed by atoms with van der Waals surface area (Å²) in [5.41, 5.74) is 4.75. The second kappa shape index (κ2) is 9.29. The number of ether oxygens (including phenoxy) is 1. The molecule has 2 aliphatic rings. The zero-order chi connectivity index (χ0) is 26.3. The van der Waals surface area contributed by atoms with Crippen molar-refractivity contribution in [3.05, 3.63) is 58.9 Å². The summed E-state index contributed by atoms with van der Waals surface area (Å²) < 4.78 is 38.1. The Morgan fingerprint density at radius 1 is 1.11 bits per heavy atom. The molecule has 8 nitrogen and oxygen atoms in total. The summed E-state index contributed by atoms with van der Waals surface area (Å²) in [7, 11) is 0. The molecule has 0 saturated carbocycles. The first-order valence-electron chi connectivity index (χ1n) is 11.2. The number of piperidine rings is 1. The SMILES string of the molecule is Cc1cc2c(cc1C)C(=O)CC1(CCN(C(=O)c3ccc4nc[nH]c4c3)CC1)O2.O=C(O)C(F)(F)F. The van der Waals surface area contributed by atoms with Crippen LogP contribution in [0.25, 0.3) is 11.0 Å². The fourth-order valence-corrected chi connectivity index (χ4v) is 4.40. The number of imidazole rings is 1. The minimum atomic E-state index is -5.08. The number of hydrogen-bond donors (Lipinski definition) is 2. The molecule has 1 spiro atoms. The van der Waals surface area contributed by atoms with Gasteiger partial charge in [-0.2, -0.15) is 13.2 Å². The molecule has 36 heavy (non-hydrogen) atoms. The van der Waals surface area contributed by atoms with Crippen LogP contribution in [-0.2, 0) is 4.79 Å². The topological polar surface area (TPSA) is 113 Å². The molecule has 190 valence electrons. The van der Waals surface area contributed by atoms with Crippen LogP contribution >= 0.6 is 0 Å². The van der Waals surface area contributed by atoms with Gasteiger partial charge in [-0.1, -0.05) is 0 Å². The van der Waals surface area contributed by atoms with Crippen molar-refractivity contribution < 1.29 is 37.4 Å². The van der Waals surface area contributed by atoms with Crippen molar-refractivity contribution in [3.8, 4) is 5.75 Å². The molecule has 3 aromatic rings. The lowest BCUT2D eigenvalue weighted by Gasteiger charge is -2.44. The van der Waals surface area contributed by atoms with Crippen molar-refractivity contribution in [1.29, 1.82) is 0 Å². The Morgan fingerprint density at radius 2 is 1.75 bits per heavy atom. The number of amides is 1. The monoisotopic (exact) mass is 503 g/mol. The number of aliphatic carboxylic acids is 1. The number of nitrogens with one attached hydrogen (secondary N) is 1. The van der Waals surface area contributed by atoms with Crippen molar-refractivity contribution >= 4 is 28.7 Å². The molecular weight excluding hydrogens is 479 g/mol. The second-order valence-electron chi connectivity index (χ2n) is 9.05. The summed E-state index contributed by atoms with van der Waals surface area (Å²) in [4.78, 5) is 43.7. The first kappa shape index (κ1) is 25.2. The van der Waals surface area contributed by atoms with Crippen LogP contribution in [0.1, 0.15) is 51.1 Å². The predicted molar refractivity (Wildman–Crippen MR) is 123 cm³/mol. The number of nitrogens with zero attached hydrogens (tertiary/aromatic N) is 2. The van der Waals surface area contributed by atoms with Gasteiger partial charge in [0, 0.05) is 31.5 Å². The van der Waals surface area contributed by atoms with Crippen LogP contribution < -0.4 is 4.74 Å². The number of hydrogen-bond acceptors (Lipinski definition) is 5. The zero-order valence-electron chi connectivity index (χ0n) is 19.6. The average molecular weight is 503 g/mol. The molecule has 0 radical (unpaired) electrons. The highest BCUT2D eigenvalue weighted by atomic mass is 19.4. The maximum atomic E-state index is 13.0. The van der Waals surface area contributed by atoms with Crippen molar-refractivity contribution in [2.45, 2.75) is 44.9 Å². The van der Waals surface area contributed by atoms with Crippen LogP contribution in [0.5, 0.6) is 5.75 Å². The van der Waals surface area contributed by atoms with Crippen molar-refractivity contribution in [2.75, 3.05) is 13.1 Å². The van der Waals surface area contributed by atoms with Crippen molar-refractivity contribution in [1.82, 2.24) is 14.9 Å². The Hall–Kier alpha value is -3.89. The first-order chi connectivity index (χ1) is 16.9. The number of carboxylic acid groups (broad SMARTS) is 1. The summed E-state index contributed by atoms with van der Waals surface area (Å²) in [6.07, 6.45) is -1.76. The molecule has 5 rings (SSSR count). The number of ketones is 1. The van der Waals surface area contributed by atoms with Crippen molar-refractivity contribution in [2.24, 2.45) is 0 Å². The van der Waals surface area contributed by atoms with Gasteiger partial charge in [-0.15, -0.1) is 0 Å². The van der Waals surface area contributed by atoms with E-state index in [1.807, 2.05) is 49.1 Å². The number of alkyl halides is 3. The zero-order valence-corrected chi connectivity index (χ0v) is 19.6. The summed E-state index contributed by atoms with van der Waals surface area (Å²) >= 11 is 0. The number of aromatic nitrogens is 2. The lowest BCUT2D eigenvalue weighted by atomic mass is 9.81. The maximum Gasteiger partial charge on any atom is 0.490 e. The molecule has 1 fully saturated rings. The Kier molecular flexibility index (Phi) is 6.50. The van der Waals surface area contributed by atoms with E-state index in [9.17, 15) is 22.8 Å². The summed E-state index contributed by atoms with van der Waals surface area (Å²) in [6.45, 7) is 5.20. The van der Waals surface area contributed by atoms with Gasteiger partial charge < -0.3 is 19.7 Å². The third-order valence-electron chi connectivity index (χ3n) is 6.58. The number of rotatable bonds is 1. The van der Waals surface area contributed by atoms with Crippen LogP contribution in [0.4, 0.5) is 13.2 Å². The quantitative estimate of drug-likeness (QED) is 0.507. The molecule has 0 unspecified atom stereocenters. The highest BCUT2D eigenvalue weighted by Crippen LogP contribution is 2.40. The van der Waals surface area contributed by atoms with E-state index in [4.69, 9.17) is 14.6 Å². The predicted octanol–water partition coefficient (Wildman–Crippen LogP) is 4.45. The second-order valence-corrected chi connectivity index (χ2v) is 9.05.